The summed E-state index contributed by atoms with van der Waals surface area (Å²) < 4.78 is -0.317. The summed E-state index contributed by atoms with van der Waals surface area (Å²) in [4.78, 5) is 10.7. The third-order valence-corrected chi connectivity index (χ3v) is 3.88. The molecule has 2 unspecified atom stereocenters. The number of nitrogens with zero attached hydrogens (tertiary/aromatic N) is 1. The molecule has 1 rings (SSSR count). The van der Waals surface area contributed by atoms with E-state index in [2.05, 4.69) is 28.7 Å². The number of halogens is 1. The number of rotatable bonds is 1. The molecule has 1 aliphatic carbocycles. The van der Waals surface area contributed by atoms with Gasteiger partial charge in [0.2, 0.25) is 0 Å². The summed E-state index contributed by atoms with van der Waals surface area (Å²) in [5, 5.41) is 17.7. The zero-order chi connectivity index (χ0) is 9.90. The van der Waals surface area contributed by atoms with Gasteiger partial charge in [-0.15, -0.1) is 0 Å². The maximum absolute atomic E-state index is 10.7. The highest BCUT2D eigenvalue weighted by Gasteiger charge is 2.32. The number of hydrogen-bond acceptors (Lipinski definition) is 2. The number of hydrogen-bond donors (Lipinski definition) is 1. The zero-order valence-corrected chi connectivity index (χ0v) is 9.45. The molecule has 0 heterocycles. The second-order valence-corrected chi connectivity index (χ2v) is 5.61. The predicted octanol–water partition coefficient (Wildman–Crippen LogP) is 2.35. The van der Waals surface area contributed by atoms with Gasteiger partial charge >= 0.3 is 5.97 Å². The molecule has 1 aliphatic rings. The van der Waals surface area contributed by atoms with E-state index in [0.29, 0.717) is 12.8 Å². The number of carboxylic acid groups (broad SMARTS) is 1. The maximum atomic E-state index is 10.7. The van der Waals surface area contributed by atoms with Crippen molar-refractivity contribution in [3.63, 3.8) is 0 Å². The van der Waals surface area contributed by atoms with E-state index in [-0.39, 0.29) is 9.34 Å². The Balaban J connectivity index is 2.60. The summed E-state index contributed by atoms with van der Waals surface area (Å²) >= 11 is 2.16. The molecular formula is C9H12INO2. The molecule has 1 saturated carbocycles. The van der Waals surface area contributed by atoms with Gasteiger partial charge in [0.1, 0.15) is 3.42 Å². The lowest BCUT2D eigenvalue weighted by Gasteiger charge is -2.15. The maximum Gasteiger partial charge on any atom is 0.306 e. The third-order valence-electron chi connectivity index (χ3n) is 2.56. The molecule has 72 valence electrons. The molecular weight excluding hydrogens is 281 g/mol. The first-order chi connectivity index (χ1) is 6.07. The molecule has 3 nitrogen and oxygen atoms in total. The number of aliphatic carboxylic acids is 1. The second-order valence-electron chi connectivity index (χ2n) is 3.54. The van der Waals surface area contributed by atoms with Crippen LogP contribution in [-0.4, -0.2) is 14.5 Å². The molecule has 0 saturated heterocycles. The predicted molar refractivity (Wildman–Crippen MR) is 56.6 cm³/mol. The molecule has 1 fully saturated rings. The van der Waals surface area contributed by atoms with Gasteiger partial charge in [0.25, 0.3) is 0 Å². The molecule has 0 bridgehead atoms. The van der Waals surface area contributed by atoms with Gasteiger partial charge in [0.05, 0.1) is 12.0 Å². The highest BCUT2D eigenvalue weighted by molar-refractivity contribution is 14.1. The fourth-order valence-corrected chi connectivity index (χ4v) is 2.35. The molecule has 13 heavy (non-hydrogen) atoms. The van der Waals surface area contributed by atoms with Gasteiger partial charge < -0.3 is 5.11 Å². The van der Waals surface area contributed by atoms with Crippen molar-refractivity contribution < 1.29 is 9.90 Å². The van der Waals surface area contributed by atoms with Crippen LogP contribution in [0.25, 0.3) is 0 Å². The van der Waals surface area contributed by atoms with E-state index in [4.69, 9.17) is 10.4 Å². The Morgan fingerprint density at radius 2 is 2.23 bits per heavy atom. The third kappa shape index (κ3) is 2.83. The van der Waals surface area contributed by atoms with E-state index in [9.17, 15) is 4.79 Å². The van der Waals surface area contributed by atoms with Crippen molar-refractivity contribution >= 4 is 28.6 Å². The highest BCUT2D eigenvalue weighted by atomic mass is 127. The minimum absolute atomic E-state index is 0.231. The van der Waals surface area contributed by atoms with Crippen LogP contribution in [0, 0.1) is 17.2 Å². The molecule has 0 aromatic carbocycles. The molecule has 0 aliphatic heterocycles. The molecule has 1 N–H and O–H groups in total. The van der Waals surface area contributed by atoms with Crippen LogP contribution in [0.3, 0.4) is 0 Å². The Labute approximate surface area is 91.3 Å². The lowest BCUT2D eigenvalue weighted by atomic mass is 9.99. The lowest BCUT2D eigenvalue weighted by Crippen LogP contribution is -2.17. The lowest BCUT2D eigenvalue weighted by molar-refractivity contribution is -0.142. The van der Waals surface area contributed by atoms with Gasteiger partial charge in [-0.2, -0.15) is 5.26 Å². The average Bonchev–Trinajstić information content (AvgIpc) is 2.28. The number of carbonyl (C=O) groups is 1. The summed E-state index contributed by atoms with van der Waals surface area (Å²) in [7, 11) is 0. The quantitative estimate of drug-likeness (QED) is 0.458. The monoisotopic (exact) mass is 293 g/mol. The summed E-state index contributed by atoms with van der Waals surface area (Å²) in [5.41, 5.74) is 0. The number of carboxylic acids is 1. The van der Waals surface area contributed by atoms with Crippen molar-refractivity contribution in [3.8, 4) is 6.07 Å². The van der Waals surface area contributed by atoms with Crippen LogP contribution in [0.4, 0.5) is 0 Å². The van der Waals surface area contributed by atoms with Gasteiger partial charge in [0.15, 0.2) is 0 Å². The van der Waals surface area contributed by atoms with Crippen LogP contribution >= 0.6 is 22.6 Å². The van der Waals surface area contributed by atoms with Crippen LogP contribution in [0.5, 0.6) is 0 Å². The number of alkyl halides is 1. The van der Waals surface area contributed by atoms with Gasteiger partial charge in [-0.25, -0.2) is 0 Å². The Morgan fingerprint density at radius 1 is 1.54 bits per heavy atom. The fourth-order valence-electron chi connectivity index (χ4n) is 1.66. The number of nitriles is 1. The largest absolute Gasteiger partial charge is 0.481 e. The van der Waals surface area contributed by atoms with Gasteiger partial charge in [0, 0.05) is 0 Å². The Morgan fingerprint density at radius 3 is 2.77 bits per heavy atom. The Bertz CT molecular complexity index is 248. The molecule has 2 atom stereocenters. The standard InChI is InChI=1S/C9H12INO2/c10-9(6-11)4-1-2-7(3-5-9)8(12)13/h7H,1-5H2,(H,12,13). The first kappa shape index (κ1) is 10.8. The van der Waals surface area contributed by atoms with Gasteiger partial charge in [-0.3, -0.25) is 4.79 Å². The smallest absolute Gasteiger partial charge is 0.306 e. The van der Waals surface area contributed by atoms with Crippen LogP contribution in [-0.2, 0) is 4.79 Å². The van der Waals surface area contributed by atoms with E-state index < -0.39 is 5.97 Å². The van der Waals surface area contributed by atoms with Gasteiger partial charge in [-0.05, 0) is 25.7 Å². The molecule has 0 aromatic heterocycles. The minimum Gasteiger partial charge on any atom is -0.481 e. The first-order valence-electron chi connectivity index (χ1n) is 4.40. The summed E-state index contributed by atoms with van der Waals surface area (Å²) in [6, 6.07) is 2.27. The van der Waals surface area contributed by atoms with Gasteiger partial charge in [-0.1, -0.05) is 29.0 Å². The van der Waals surface area contributed by atoms with E-state index in [0.717, 1.165) is 19.3 Å². The average molecular weight is 293 g/mol. The van der Waals surface area contributed by atoms with E-state index in [1.807, 2.05) is 0 Å². The van der Waals surface area contributed by atoms with E-state index >= 15 is 0 Å². The normalized spacial score (nSPS) is 34.6. The molecule has 4 heteroatoms. The van der Waals surface area contributed by atoms with Crippen LogP contribution in [0.2, 0.25) is 0 Å². The Hall–Kier alpha value is -0.310. The summed E-state index contributed by atoms with van der Waals surface area (Å²) in [6.07, 6.45) is 3.76. The van der Waals surface area contributed by atoms with Crippen LogP contribution in [0.15, 0.2) is 0 Å². The van der Waals surface area contributed by atoms with Crippen molar-refractivity contribution in [3.05, 3.63) is 0 Å². The zero-order valence-electron chi connectivity index (χ0n) is 7.29. The van der Waals surface area contributed by atoms with Crippen LogP contribution in [0.1, 0.15) is 32.1 Å². The molecule has 0 amide bonds. The Kier molecular flexibility index (Phi) is 3.54. The van der Waals surface area contributed by atoms with E-state index in [1.165, 1.54) is 0 Å². The topological polar surface area (TPSA) is 61.1 Å². The van der Waals surface area contributed by atoms with Crippen LogP contribution < -0.4 is 0 Å². The molecule has 0 aromatic rings. The fraction of sp³-hybridized carbons (Fsp3) is 0.778. The second kappa shape index (κ2) is 4.27. The van der Waals surface area contributed by atoms with Crippen molar-refractivity contribution in [2.75, 3.05) is 0 Å². The summed E-state index contributed by atoms with van der Waals surface area (Å²) in [5.74, 6) is -0.941. The highest BCUT2D eigenvalue weighted by Crippen LogP contribution is 2.36. The van der Waals surface area contributed by atoms with Crippen molar-refractivity contribution in [2.45, 2.75) is 35.5 Å². The SMILES string of the molecule is N#CC1(I)CCCC(C(=O)O)CC1. The molecule has 0 spiro atoms. The molecule has 0 radical (unpaired) electrons. The summed E-state index contributed by atoms with van der Waals surface area (Å²) in [6.45, 7) is 0. The van der Waals surface area contributed by atoms with Crippen molar-refractivity contribution in [1.82, 2.24) is 0 Å². The first-order valence-corrected chi connectivity index (χ1v) is 5.48. The van der Waals surface area contributed by atoms with Crippen molar-refractivity contribution in [1.29, 1.82) is 5.26 Å². The van der Waals surface area contributed by atoms with E-state index in [1.54, 1.807) is 0 Å². The minimum atomic E-state index is -0.710. The van der Waals surface area contributed by atoms with Crippen molar-refractivity contribution in [2.24, 2.45) is 5.92 Å².